The molecule has 0 fully saturated rings. The van der Waals surface area contributed by atoms with Crippen LogP contribution in [0.25, 0.3) is 0 Å². The molecular formula is C13H20N2O3S. The summed E-state index contributed by atoms with van der Waals surface area (Å²) < 4.78 is 22.6. The van der Waals surface area contributed by atoms with Crippen molar-refractivity contribution in [1.29, 1.82) is 0 Å². The summed E-state index contributed by atoms with van der Waals surface area (Å²) in [7, 11) is -3.72. The molecule has 6 heteroatoms. The Morgan fingerprint density at radius 2 is 1.89 bits per heavy atom. The van der Waals surface area contributed by atoms with Gasteiger partial charge in [0.1, 0.15) is 0 Å². The fourth-order valence-corrected chi connectivity index (χ4v) is 2.72. The van der Waals surface area contributed by atoms with Gasteiger partial charge in [-0.2, -0.15) is 0 Å². The molecule has 0 saturated carbocycles. The van der Waals surface area contributed by atoms with Crippen molar-refractivity contribution >= 4 is 21.6 Å². The van der Waals surface area contributed by atoms with Gasteiger partial charge in [0.05, 0.1) is 4.90 Å². The Morgan fingerprint density at radius 1 is 1.32 bits per heavy atom. The van der Waals surface area contributed by atoms with E-state index >= 15 is 0 Å². The normalized spacial score (nSPS) is 11.6. The van der Waals surface area contributed by atoms with Crippen LogP contribution in [0.4, 0.5) is 5.69 Å². The minimum absolute atomic E-state index is 0.0294. The highest BCUT2D eigenvalue weighted by atomic mass is 32.2. The molecule has 0 saturated heterocycles. The van der Waals surface area contributed by atoms with Gasteiger partial charge in [-0.3, -0.25) is 4.79 Å². The average molecular weight is 284 g/mol. The SMILES string of the molecule is CCC(CC)C(=O)Nc1ccc(S(N)(=O)=O)c(C)c1. The number of sulfonamides is 1. The van der Waals surface area contributed by atoms with Gasteiger partial charge in [0.15, 0.2) is 0 Å². The summed E-state index contributed by atoms with van der Waals surface area (Å²) in [6.07, 6.45) is 1.55. The summed E-state index contributed by atoms with van der Waals surface area (Å²) in [6.45, 7) is 5.57. The molecule has 1 aromatic carbocycles. The lowest BCUT2D eigenvalue weighted by Gasteiger charge is -2.13. The van der Waals surface area contributed by atoms with Gasteiger partial charge in [-0.1, -0.05) is 13.8 Å². The van der Waals surface area contributed by atoms with Crippen molar-refractivity contribution in [3.63, 3.8) is 0 Å². The lowest BCUT2D eigenvalue weighted by molar-refractivity contribution is -0.120. The number of carbonyl (C=O) groups excluding carboxylic acids is 1. The van der Waals surface area contributed by atoms with E-state index in [-0.39, 0.29) is 16.7 Å². The predicted molar refractivity (Wildman–Crippen MR) is 75.3 cm³/mol. The Labute approximate surface area is 114 Å². The van der Waals surface area contributed by atoms with Gasteiger partial charge in [-0.15, -0.1) is 0 Å². The van der Waals surface area contributed by atoms with Crippen LogP contribution in [-0.4, -0.2) is 14.3 Å². The Kier molecular flexibility index (Phi) is 5.08. The number of nitrogens with two attached hydrogens (primary N) is 1. The Morgan fingerprint density at radius 3 is 2.32 bits per heavy atom. The van der Waals surface area contributed by atoms with Gasteiger partial charge < -0.3 is 5.32 Å². The molecule has 0 unspecified atom stereocenters. The number of hydrogen-bond acceptors (Lipinski definition) is 3. The van der Waals surface area contributed by atoms with E-state index in [1.807, 2.05) is 13.8 Å². The van der Waals surface area contributed by atoms with Crippen molar-refractivity contribution in [2.75, 3.05) is 5.32 Å². The summed E-state index contributed by atoms with van der Waals surface area (Å²) in [5, 5.41) is 7.87. The quantitative estimate of drug-likeness (QED) is 0.866. The number of primary sulfonamides is 1. The van der Waals surface area contributed by atoms with Crippen LogP contribution in [-0.2, 0) is 14.8 Å². The van der Waals surface area contributed by atoms with Crippen LogP contribution < -0.4 is 10.5 Å². The van der Waals surface area contributed by atoms with Gasteiger partial charge in [-0.25, -0.2) is 13.6 Å². The highest BCUT2D eigenvalue weighted by Gasteiger charge is 2.16. The van der Waals surface area contributed by atoms with Gasteiger partial charge in [0.25, 0.3) is 0 Å². The zero-order valence-corrected chi connectivity index (χ0v) is 12.3. The molecule has 0 aliphatic carbocycles. The fraction of sp³-hybridized carbons (Fsp3) is 0.462. The number of amides is 1. The molecule has 0 aromatic heterocycles. The third-order valence-corrected chi connectivity index (χ3v) is 4.18. The molecule has 106 valence electrons. The van der Waals surface area contributed by atoms with Crippen molar-refractivity contribution < 1.29 is 13.2 Å². The van der Waals surface area contributed by atoms with Gasteiger partial charge >= 0.3 is 0 Å². The molecule has 0 bridgehead atoms. The molecule has 0 radical (unpaired) electrons. The Balaban J connectivity index is 2.94. The number of hydrogen-bond donors (Lipinski definition) is 2. The monoisotopic (exact) mass is 284 g/mol. The van der Waals surface area contributed by atoms with Crippen molar-refractivity contribution in [1.82, 2.24) is 0 Å². The molecule has 0 heterocycles. The topological polar surface area (TPSA) is 89.3 Å². The summed E-state index contributed by atoms with van der Waals surface area (Å²) >= 11 is 0. The van der Waals surface area contributed by atoms with Gasteiger partial charge in [0, 0.05) is 11.6 Å². The van der Waals surface area contributed by atoms with Crippen molar-refractivity contribution in [3.8, 4) is 0 Å². The molecule has 19 heavy (non-hydrogen) atoms. The maximum atomic E-state index is 11.9. The zero-order valence-electron chi connectivity index (χ0n) is 11.4. The van der Waals surface area contributed by atoms with E-state index in [2.05, 4.69) is 5.32 Å². The summed E-state index contributed by atoms with van der Waals surface area (Å²) in [5.41, 5.74) is 1.10. The van der Waals surface area contributed by atoms with Crippen LogP contribution in [0.5, 0.6) is 0 Å². The van der Waals surface area contributed by atoms with Crippen molar-refractivity contribution in [2.24, 2.45) is 11.1 Å². The Hall–Kier alpha value is -1.40. The second-order valence-electron chi connectivity index (χ2n) is 4.53. The number of anilines is 1. The molecule has 1 aromatic rings. The van der Waals surface area contributed by atoms with Crippen LogP contribution in [0, 0.1) is 12.8 Å². The van der Waals surface area contributed by atoms with Crippen LogP contribution in [0.1, 0.15) is 32.3 Å². The fourth-order valence-electron chi connectivity index (χ4n) is 1.95. The standard InChI is InChI=1S/C13H20N2O3S/c1-4-10(5-2)13(16)15-11-6-7-12(9(3)8-11)19(14,17)18/h6-8,10H,4-5H2,1-3H3,(H,15,16)(H2,14,17,18). The van der Waals surface area contributed by atoms with E-state index in [1.54, 1.807) is 19.1 Å². The number of carbonyl (C=O) groups is 1. The predicted octanol–water partition coefficient (Wildman–Crippen LogP) is 2.02. The van der Waals surface area contributed by atoms with E-state index in [9.17, 15) is 13.2 Å². The first kappa shape index (κ1) is 15.7. The third kappa shape index (κ3) is 4.04. The van der Waals surface area contributed by atoms with E-state index in [1.165, 1.54) is 6.07 Å². The van der Waals surface area contributed by atoms with Gasteiger partial charge in [0.2, 0.25) is 15.9 Å². The van der Waals surface area contributed by atoms with Crippen LogP contribution in [0.2, 0.25) is 0 Å². The molecule has 0 atom stereocenters. The Bertz CT molecular complexity index is 563. The largest absolute Gasteiger partial charge is 0.326 e. The lowest BCUT2D eigenvalue weighted by atomic mass is 10.0. The second kappa shape index (κ2) is 6.16. The maximum absolute atomic E-state index is 11.9. The van der Waals surface area contributed by atoms with E-state index < -0.39 is 10.0 Å². The zero-order chi connectivity index (χ0) is 14.6. The molecule has 5 nitrogen and oxygen atoms in total. The highest BCUT2D eigenvalue weighted by Crippen LogP contribution is 2.20. The minimum Gasteiger partial charge on any atom is -0.326 e. The van der Waals surface area contributed by atoms with Crippen LogP contribution in [0.3, 0.4) is 0 Å². The average Bonchev–Trinajstić information content (AvgIpc) is 2.28. The van der Waals surface area contributed by atoms with Crippen LogP contribution >= 0.6 is 0 Å². The van der Waals surface area contributed by atoms with E-state index in [4.69, 9.17) is 5.14 Å². The van der Waals surface area contributed by atoms with E-state index in [0.29, 0.717) is 11.3 Å². The van der Waals surface area contributed by atoms with Crippen molar-refractivity contribution in [3.05, 3.63) is 23.8 Å². The first-order valence-electron chi connectivity index (χ1n) is 6.23. The molecular weight excluding hydrogens is 264 g/mol. The summed E-state index contributed by atoms with van der Waals surface area (Å²) in [5.74, 6) is -0.0778. The highest BCUT2D eigenvalue weighted by molar-refractivity contribution is 7.89. The summed E-state index contributed by atoms with van der Waals surface area (Å²) in [4.78, 5) is 12.0. The smallest absolute Gasteiger partial charge is 0.238 e. The maximum Gasteiger partial charge on any atom is 0.238 e. The molecule has 0 spiro atoms. The lowest BCUT2D eigenvalue weighted by Crippen LogP contribution is -2.22. The number of aryl methyl sites for hydroxylation is 1. The number of rotatable bonds is 5. The molecule has 3 N–H and O–H groups in total. The first-order chi connectivity index (χ1) is 8.79. The molecule has 1 rings (SSSR count). The first-order valence-corrected chi connectivity index (χ1v) is 7.78. The van der Waals surface area contributed by atoms with Crippen molar-refractivity contribution in [2.45, 2.75) is 38.5 Å². The molecule has 0 aliphatic rings. The second-order valence-corrected chi connectivity index (χ2v) is 6.06. The molecule has 0 aliphatic heterocycles. The van der Waals surface area contributed by atoms with E-state index in [0.717, 1.165) is 12.8 Å². The number of nitrogens with one attached hydrogen (secondary N) is 1. The number of benzene rings is 1. The summed E-state index contributed by atoms with van der Waals surface area (Å²) in [6, 6.07) is 4.57. The third-order valence-electron chi connectivity index (χ3n) is 3.11. The minimum atomic E-state index is -3.72. The van der Waals surface area contributed by atoms with Gasteiger partial charge in [-0.05, 0) is 43.5 Å². The van der Waals surface area contributed by atoms with Crippen LogP contribution in [0.15, 0.2) is 23.1 Å². The molecule has 1 amide bonds.